The van der Waals surface area contributed by atoms with Crippen molar-refractivity contribution in [2.45, 2.75) is 0 Å². The first-order valence-corrected chi connectivity index (χ1v) is 14.9. The van der Waals surface area contributed by atoms with Gasteiger partial charge in [0.1, 0.15) is 0 Å². The van der Waals surface area contributed by atoms with Gasteiger partial charge in [0.15, 0.2) is 0 Å². The van der Waals surface area contributed by atoms with Gasteiger partial charge in [-0.25, -0.2) is 0 Å². The second-order valence-electron chi connectivity index (χ2n) is 10.2. The molecule has 6 aromatic rings. The maximum Gasteiger partial charge on any atom is -0.0184 e. The smallest absolute Gasteiger partial charge is 0.0184 e. The number of hydrogen-bond donors (Lipinski definition) is 0. The molecule has 220 valence electrons. The predicted molar refractivity (Wildman–Crippen MR) is 205 cm³/mol. The van der Waals surface area contributed by atoms with E-state index in [1.165, 1.54) is 44.5 Å². The van der Waals surface area contributed by atoms with Crippen LogP contribution >= 0.6 is 13.5 Å². The summed E-state index contributed by atoms with van der Waals surface area (Å²) in [5.41, 5.74) is 9.73. The van der Waals surface area contributed by atoms with Crippen molar-refractivity contribution in [2.75, 3.05) is 0 Å². The van der Waals surface area contributed by atoms with Crippen molar-refractivity contribution >= 4 is 62.1 Å². The van der Waals surface area contributed by atoms with Crippen LogP contribution in [0, 0.1) is 0 Å². The summed E-state index contributed by atoms with van der Waals surface area (Å²) in [6.45, 7) is 0. The highest BCUT2D eigenvalue weighted by Gasteiger charge is 1.96. The largest absolute Gasteiger partial charge is 0.197 e. The monoisotopic (exact) mass is 598 g/mol. The van der Waals surface area contributed by atoms with Crippen LogP contribution in [0.3, 0.4) is 0 Å². The molecule has 0 aromatic heterocycles. The summed E-state index contributed by atoms with van der Waals surface area (Å²) in [5.74, 6) is 0. The van der Waals surface area contributed by atoms with Crippen molar-refractivity contribution in [3.05, 3.63) is 214 Å². The van der Waals surface area contributed by atoms with Gasteiger partial charge in [-0.05, 0) is 44.5 Å². The van der Waals surface area contributed by atoms with Crippen molar-refractivity contribution in [3.63, 3.8) is 0 Å². The first-order chi connectivity index (χ1) is 21.8. The third-order valence-corrected chi connectivity index (χ3v) is 7.01. The average Bonchev–Trinajstić information content (AvgIpc) is 3.11. The molecule has 6 aromatic carbocycles. The topological polar surface area (TPSA) is 0 Å². The third-order valence-electron chi connectivity index (χ3n) is 7.01. The SMILES string of the molecule is C(=C\c1ccccc1/C=C/c1ccccc1)/c1ccccc1.C(=C\c1ccccc1/C=C/c1ccccc1)/c1ccccc1.S. The van der Waals surface area contributed by atoms with Gasteiger partial charge < -0.3 is 0 Å². The van der Waals surface area contributed by atoms with E-state index in [9.17, 15) is 0 Å². The Bertz CT molecular complexity index is 1540. The Morgan fingerprint density at radius 1 is 0.200 bits per heavy atom. The summed E-state index contributed by atoms with van der Waals surface area (Å²) < 4.78 is 0. The second kappa shape index (κ2) is 18.3. The first kappa shape index (κ1) is 32.5. The molecule has 0 aliphatic heterocycles. The van der Waals surface area contributed by atoms with Crippen LogP contribution in [0.2, 0.25) is 0 Å². The van der Waals surface area contributed by atoms with Gasteiger partial charge in [0.25, 0.3) is 0 Å². The van der Waals surface area contributed by atoms with Crippen LogP contribution in [0.5, 0.6) is 0 Å². The van der Waals surface area contributed by atoms with Crippen LogP contribution in [-0.4, -0.2) is 0 Å². The summed E-state index contributed by atoms with van der Waals surface area (Å²) >= 11 is 0. The van der Waals surface area contributed by atoms with Gasteiger partial charge in [0.2, 0.25) is 0 Å². The van der Waals surface area contributed by atoms with E-state index in [2.05, 4.69) is 194 Å². The summed E-state index contributed by atoms with van der Waals surface area (Å²) in [6, 6.07) is 58.3. The predicted octanol–water partition coefficient (Wildman–Crippen LogP) is 12.2. The molecule has 0 saturated heterocycles. The lowest BCUT2D eigenvalue weighted by Crippen LogP contribution is -1.80. The second-order valence-corrected chi connectivity index (χ2v) is 10.2. The van der Waals surface area contributed by atoms with Crippen LogP contribution in [0.1, 0.15) is 44.5 Å². The Kier molecular flexibility index (Phi) is 13.3. The van der Waals surface area contributed by atoms with Gasteiger partial charge in [-0.2, -0.15) is 13.5 Å². The van der Waals surface area contributed by atoms with E-state index in [1.807, 2.05) is 24.3 Å². The minimum Gasteiger partial charge on any atom is -0.197 e. The van der Waals surface area contributed by atoms with E-state index in [0.29, 0.717) is 0 Å². The molecule has 0 unspecified atom stereocenters. The van der Waals surface area contributed by atoms with Crippen LogP contribution in [0.15, 0.2) is 170 Å². The van der Waals surface area contributed by atoms with E-state index < -0.39 is 0 Å². The molecular formula is C44H38S. The Morgan fingerprint density at radius 2 is 0.378 bits per heavy atom. The van der Waals surface area contributed by atoms with Crippen molar-refractivity contribution in [3.8, 4) is 0 Å². The molecule has 1 heteroatoms. The molecule has 0 fully saturated rings. The Morgan fingerprint density at radius 3 is 0.578 bits per heavy atom. The van der Waals surface area contributed by atoms with Gasteiger partial charge >= 0.3 is 0 Å². The first-order valence-electron chi connectivity index (χ1n) is 14.9. The molecule has 0 atom stereocenters. The molecule has 0 aliphatic carbocycles. The summed E-state index contributed by atoms with van der Waals surface area (Å²) in [6.07, 6.45) is 17.3. The van der Waals surface area contributed by atoms with Gasteiger partial charge in [0.05, 0.1) is 0 Å². The normalized spacial score (nSPS) is 11.0. The van der Waals surface area contributed by atoms with Crippen molar-refractivity contribution in [1.29, 1.82) is 0 Å². The van der Waals surface area contributed by atoms with E-state index in [4.69, 9.17) is 0 Å². The molecule has 0 N–H and O–H groups in total. The molecule has 0 bridgehead atoms. The van der Waals surface area contributed by atoms with Crippen molar-refractivity contribution in [2.24, 2.45) is 0 Å². The highest BCUT2D eigenvalue weighted by Crippen LogP contribution is 2.18. The molecule has 0 amide bonds. The van der Waals surface area contributed by atoms with Gasteiger partial charge in [-0.3, -0.25) is 0 Å². The fourth-order valence-corrected chi connectivity index (χ4v) is 4.63. The number of hydrogen-bond acceptors (Lipinski definition) is 0. The third kappa shape index (κ3) is 11.0. The lowest BCUT2D eigenvalue weighted by molar-refractivity contribution is 1.61. The molecule has 0 aliphatic rings. The van der Waals surface area contributed by atoms with Gasteiger partial charge in [-0.1, -0.05) is 218 Å². The van der Waals surface area contributed by atoms with Gasteiger partial charge in [0, 0.05) is 0 Å². The molecule has 0 radical (unpaired) electrons. The minimum atomic E-state index is 0. The zero-order valence-corrected chi connectivity index (χ0v) is 26.3. The average molecular weight is 599 g/mol. The highest BCUT2D eigenvalue weighted by atomic mass is 32.1. The summed E-state index contributed by atoms with van der Waals surface area (Å²) in [7, 11) is 0. The van der Waals surface area contributed by atoms with Crippen LogP contribution in [0.4, 0.5) is 0 Å². The maximum absolute atomic E-state index is 2.17. The number of benzene rings is 6. The Balaban J connectivity index is 0.000000200. The quantitative estimate of drug-likeness (QED) is 0.153. The van der Waals surface area contributed by atoms with Crippen LogP contribution in [-0.2, 0) is 0 Å². The molecular weight excluding hydrogens is 561 g/mol. The Labute approximate surface area is 275 Å². The summed E-state index contributed by atoms with van der Waals surface area (Å²) in [5, 5.41) is 0. The van der Waals surface area contributed by atoms with E-state index >= 15 is 0 Å². The molecule has 6 rings (SSSR count). The zero-order valence-electron chi connectivity index (χ0n) is 25.3. The van der Waals surface area contributed by atoms with Crippen LogP contribution < -0.4 is 0 Å². The fraction of sp³-hybridized carbons (Fsp3) is 0. The maximum atomic E-state index is 2.17. The van der Waals surface area contributed by atoms with Gasteiger partial charge in [-0.15, -0.1) is 0 Å². The lowest BCUT2D eigenvalue weighted by Gasteiger charge is -2.01. The van der Waals surface area contributed by atoms with Crippen molar-refractivity contribution in [1.82, 2.24) is 0 Å². The summed E-state index contributed by atoms with van der Waals surface area (Å²) in [4.78, 5) is 0. The standard InChI is InChI=1S/2C22H18.H2S/c2*1-3-9-19(10-4-1)15-17-21-13-7-8-14-22(21)18-16-20-11-5-2-6-12-20;/h2*1-18H;1H2/b2*17-15+,18-16+;. The molecule has 0 nitrogen and oxygen atoms in total. The lowest BCUT2D eigenvalue weighted by atomic mass is 10.0. The van der Waals surface area contributed by atoms with E-state index in [0.717, 1.165) is 0 Å². The molecule has 0 heterocycles. The number of rotatable bonds is 8. The molecule has 0 spiro atoms. The highest BCUT2D eigenvalue weighted by molar-refractivity contribution is 7.59. The minimum absolute atomic E-state index is 0. The Hall–Kier alpha value is -5.37. The molecule has 45 heavy (non-hydrogen) atoms. The van der Waals surface area contributed by atoms with E-state index in [-0.39, 0.29) is 13.5 Å². The van der Waals surface area contributed by atoms with Crippen LogP contribution in [0.25, 0.3) is 48.6 Å². The van der Waals surface area contributed by atoms with Crippen molar-refractivity contribution < 1.29 is 0 Å². The zero-order chi connectivity index (χ0) is 30.1. The fourth-order valence-electron chi connectivity index (χ4n) is 4.63. The molecule has 0 saturated carbocycles. The van der Waals surface area contributed by atoms with E-state index in [1.54, 1.807) is 0 Å².